The van der Waals surface area contributed by atoms with Crippen LogP contribution in [0.2, 0.25) is 5.02 Å². The Morgan fingerprint density at radius 1 is 1.09 bits per heavy atom. The molecule has 0 spiro atoms. The predicted octanol–water partition coefficient (Wildman–Crippen LogP) is 3.43. The highest BCUT2D eigenvalue weighted by Gasteiger charge is 2.33. The van der Waals surface area contributed by atoms with E-state index in [2.05, 4.69) is 32.1 Å². The molecule has 0 aliphatic carbocycles. The molecule has 2 aromatic rings. The first-order chi connectivity index (χ1) is 16.2. The van der Waals surface area contributed by atoms with Crippen LogP contribution in [0.1, 0.15) is 24.0 Å². The number of nitrogens with one attached hydrogen (secondary N) is 1. The molecule has 2 aliphatic rings. The number of anilines is 2. The van der Waals surface area contributed by atoms with Gasteiger partial charge in [0.1, 0.15) is 11.6 Å². The average molecular weight is 497 g/mol. The Labute approximate surface area is 201 Å². The van der Waals surface area contributed by atoms with Crippen LogP contribution in [0.4, 0.5) is 24.8 Å². The van der Waals surface area contributed by atoms with E-state index in [1.807, 2.05) is 17.0 Å². The highest BCUT2D eigenvalue weighted by Crippen LogP contribution is 2.34. The summed E-state index contributed by atoms with van der Waals surface area (Å²) in [4.78, 5) is 27.5. The number of nitrogens with zero attached hydrogens (tertiary/aromatic N) is 5. The molecule has 0 unspecified atom stereocenters. The molecule has 2 fully saturated rings. The molecule has 11 heteroatoms. The van der Waals surface area contributed by atoms with Gasteiger partial charge in [0.25, 0.3) is 0 Å². The Bertz CT molecular complexity index is 1000. The lowest BCUT2D eigenvalue weighted by atomic mass is 9.95. The van der Waals surface area contributed by atoms with Gasteiger partial charge in [0, 0.05) is 64.1 Å². The van der Waals surface area contributed by atoms with E-state index in [9.17, 15) is 18.0 Å². The fourth-order valence-electron chi connectivity index (χ4n) is 4.28. The van der Waals surface area contributed by atoms with Gasteiger partial charge >= 0.3 is 6.18 Å². The number of carbonyl (C=O) groups is 1. The number of hydrogen-bond donors (Lipinski definition) is 1. The summed E-state index contributed by atoms with van der Waals surface area (Å²) in [6.07, 6.45) is -0.763. The van der Waals surface area contributed by atoms with E-state index < -0.39 is 11.7 Å². The Morgan fingerprint density at radius 3 is 2.44 bits per heavy atom. The molecule has 1 amide bonds. The van der Waals surface area contributed by atoms with Crippen LogP contribution in [0.15, 0.2) is 30.6 Å². The highest BCUT2D eigenvalue weighted by atomic mass is 35.5. The number of aromatic nitrogens is 2. The number of rotatable bonds is 5. The predicted molar refractivity (Wildman–Crippen MR) is 125 cm³/mol. The molecule has 34 heavy (non-hydrogen) atoms. The van der Waals surface area contributed by atoms with Crippen LogP contribution in [0.25, 0.3) is 0 Å². The van der Waals surface area contributed by atoms with Crippen LogP contribution in [0, 0.1) is 5.92 Å². The van der Waals surface area contributed by atoms with Crippen molar-refractivity contribution in [2.75, 3.05) is 56.1 Å². The summed E-state index contributed by atoms with van der Waals surface area (Å²) in [5, 5.41) is 2.98. The minimum absolute atomic E-state index is 0.0240. The van der Waals surface area contributed by atoms with Crippen molar-refractivity contribution in [3.05, 3.63) is 46.7 Å². The molecule has 2 saturated heterocycles. The standard InChI is InChI=1S/C23H28ClF3N6O/c1-31-8-10-32(11-9-31)20-12-16(2-5-28-20)14-30-22(34)17-3-6-33(7-4-17)21-19(24)13-18(15-29-21)23(25,26)27/h2,5,12-13,15,17H,3-4,6-11,14H2,1H3,(H,30,34). The second-order valence-corrected chi connectivity index (χ2v) is 9.23. The van der Waals surface area contributed by atoms with Crippen molar-refractivity contribution < 1.29 is 18.0 Å². The maximum atomic E-state index is 12.8. The van der Waals surface area contributed by atoms with Gasteiger partial charge in [-0.2, -0.15) is 13.2 Å². The molecule has 7 nitrogen and oxygen atoms in total. The number of carbonyl (C=O) groups excluding carboxylic acids is 1. The quantitative estimate of drug-likeness (QED) is 0.684. The normalized spacial score (nSPS) is 18.3. The Kier molecular flexibility index (Phi) is 7.47. The van der Waals surface area contributed by atoms with Crippen LogP contribution in [-0.2, 0) is 17.5 Å². The van der Waals surface area contributed by atoms with Crippen LogP contribution in [0.5, 0.6) is 0 Å². The van der Waals surface area contributed by atoms with Crippen molar-refractivity contribution in [2.24, 2.45) is 5.92 Å². The van der Waals surface area contributed by atoms with Gasteiger partial charge in [0.15, 0.2) is 0 Å². The molecule has 1 N–H and O–H groups in total. The maximum Gasteiger partial charge on any atom is 0.417 e. The number of piperidine rings is 1. The topological polar surface area (TPSA) is 64.6 Å². The third-order valence-corrected chi connectivity index (χ3v) is 6.70. The Balaban J connectivity index is 1.28. The third-order valence-electron chi connectivity index (χ3n) is 6.42. The van der Waals surface area contributed by atoms with Gasteiger partial charge in [-0.25, -0.2) is 9.97 Å². The molecule has 4 heterocycles. The van der Waals surface area contributed by atoms with Crippen molar-refractivity contribution in [2.45, 2.75) is 25.6 Å². The number of amides is 1. The van der Waals surface area contributed by atoms with Gasteiger partial charge in [0.05, 0.1) is 10.6 Å². The van der Waals surface area contributed by atoms with Crippen LogP contribution >= 0.6 is 11.6 Å². The summed E-state index contributed by atoms with van der Waals surface area (Å²) in [5.41, 5.74) is 0.123. The number of halogens is 4. The zero-order valence-electron chi connectivity index (χ0n) is 19.0. The first-order valence-electron chi connectivity index (χ1n) is 11.3. The van der Waals surface area contributed by atoms with Gasteiger partial charge in [-0.05, 0) is 43.7 Å². The summed E-state index contributed by atoms with van der Waals surface area (Å²) < 4.78 is 38.5. The summed E-state index contributed by atoms with van der Waals surface area (Å²) in [6, 6.07) is 4.82. The molecule has 2 aromatic heterocycles. The van der Waals surface area contributed by atoms with E-state index in [4.69, 9.17) is 11.6 Å². The second-order valence-electron chi connectivity index (χ2n) is 8.82. The van der Waals surface area contributed by atoms with E-state index in [0.29, 0.717) is 38.3 Å². The summed E-state index contributed by atoms with van der Waals surface area (Å²) in [6.45, 7) is 5.26. The zero-order chi connectivity index (χ0) is 24.3. The van der Waals surface area contributed by atoms with Crippen LogP contribution < -0.4 is 15.1 Å². The molecule has 0 saturated carbocycles. The lowest BCUT2D eigenvalue weighted by Gasteiger charge is -2.33. The zero-order valence-corrected chi connectivity index (χ0v) is 19.7. The molecule has 184 valence electrons. The van der Waals surface area contributed by atoms with Crippen molar-refractivity contribution in [1.82, 2.24) is 20.2 Å². The van der Waals surface area contributed by atoms with E-state index in [0.717, 1.165) is 49.8 Å². The van der Waals surface area contributed by atoms with Crippen LogP contribution in [0.3, 0.4) is 0 Å². The molecule has 0 aromatic carbocycles. The maximum absolute atomic E-state index is 12.8. The van der Waals surface area contributed by atoms with Crippen molar-refractivity contribution >= 4 is 29.1 Å². The van der Waals surface area contributed by atoms with Crippen molar-refractivity contribution in [3.63, 3.8) is 0 Å². The second kappa shape index (κ2) is 10.4. The van der Waals surface area contributed by atoms with Crippen molar-refractivity contribution in [1.29, 1.82) is 0 Å². The molecular weight excluding hydrogens is 469 g/mol. The van der Waals surface area contributed by atoms with Gasteiger partial charge in [-0.1, -0.05) is 11.6 Å². The first kappa shape index (κ1) is 24.5. The minimum Gasteiger partial charge on any atom is -0.355 e. The molecular formula is C23H28ClF3N6O. The van der Waals surface area contributed by atoms with Gasteiger partial charge in [0.2, 0.25) is 5.91 Å². The minimum atomic E-state index is -4.49. The van der Waals surface area contributed by atoms with Gasteiger partial charge in [-0.15, -0.1) is 0 Å². The smallest absolute Gasteiger partial charge is 0.355 e. The largest absolute Gasteiger partial charge is 0.417 e. The number of pyridine rings is 2. The number of alkyl halides is 3. The summed E-state index contributed by atoms with van der Waals surface area (Å²) >= 11 is 6.07. The molecule has 0 radical (unpaired) electrons. The lowest BCUT2D eigenvalue weighted by molar-refractivity contribution is -0.137. The number of hydrogen-bond acceptors (Lipinski definition) is 6. The van der Waals surface area contributed by atoms with Crippen LogP contribution in [-0.4, -0.2) is 67.1 Å². The van der Waals surface area contributed by atoms with E-state index in [1.54, 1.807) is 6.20 Å². The number of piperazine rings is 1. The molecule has 4 rings (SSSR count). The molecule has 2 aliphatic heterocycles. The van der Waals surface area contributed by atoms with Gasteiger partial charge < -0.3 is 20.0 Å². The average Bonchev–Trinajstić information content (AvgIpc) is 2.83. The lowest BCUT2D eigenvalue weighted by Crippen LogP contribution is -2.44. The highest BCUT2D eigenvalue weighted by molar-refractivity contribution is 6.33. The summed E-state index contributed by atoms with van der Waals surface area (Å²) in [5.74, 6) is 1.06. The van der Waals surface area contributed by atoms with Crippen molar-refractivity contribution in [3.8, 4) is 0 Å². The number of likely N-dealkylation sites (N-methyl/N-ethyl adjacent to an activating group) is 1. The van der Waals surface area contributed by atoms with E-state index in [-0.39, 0.29) is 16.8 Å². The first-order valence-corrected chi connectivity index (χ1v) is 11.7. The van der Waals surface area contributed by atoms with Gasteiger partial charge in [-0.3, -0.25) is 4.79 Å². The van der Waals surface area contributed by atoms with E-state index in [1.165, 1.54) is 0 Å². The fourth-order valence-corrected chi connectivity index (χ4v) is 4.57. The Morgan fingerprint density at radius 2 is 1.79 bits per heavy atom. The monoisotopic (exact) mass is 496 g/mol. The fraction of sp³-hybridized carbons (Fsp3) is 0.522. The SMILES string of the molecule is CN1CCN(c2cc(CNC(=O)C3CCN(c4ncc(C(F)(F)F)cc4Cl)CC3)ccn2)CC1. The summed E-state index contributed by atoms with van der Waals surface area (Å²) in [7, 11) is 2.11. The Hall–Kier alpha value is -2.59. The molecule has 0 atom stereocenters. The molecule has 0 bridgehead atoms. The van der Waals surface area contributed by atoms with E-state index >= 15 is 0 Å². The third kappa shape index (κ3) is 5.90.